The van der Waals surface area contributed by atoms with Gasteiger partial charge in [0.1, 0.15) is 6.10 Å². The molecule has 1 rings (SSSR count). The Bertz CT molecular complexity index is 327. The number of ether oxygens (including phenoxy) is 1. The van der Waals surface area contributed by atoms with E-state index >= 15 is 0 Å². The molecular weight excluding hydrogens is 252 g/mol. The average Bonchev–Trinajstić information content (AvgIpc) is 2.21. The fraction of sp³-hybridized carbons (Fsp3) is 0.333. The van der Waals surface area contributed by atoms with Gasteiger partial charge in [-0.2, -0.15) is 0 Å². The summed E-state index contributed by atoms with van der Waals surface area (Å²) in [4.78, 5) is 0. The molecule has 0 aliphatic heterocycles. The van der Waals surface area contributed by atoms with E-state index < -0.39 is 12.7 Å². The van der Waals surface area contributed by atoms with Crippen LogP contribution in [0.4, 0.5) is 0 Å². The number of aliphatic hydroxyl groups excluding tert-OH is 2. The van der Waals surface area contributed by atoms with Gasteiger partial charge < -0.3 is 20.1 Å². The zero-order valence-corrected chi connectivity index (χ0v) is 9.15. The van der Waals surface area contributed by atoms with Gasteiger partial charge in [0.25, 0.3) is 0 Å². The highest BCUT2D eigenvalue weighted by Crippen LogP contribution is 2.38. The van der Waals surface area contributed by atoms with Gasteiger partial charge in [0.15, 0.2) is 11.5 Å². The van der Waals surface area contributed by atoms with Crippen molar-refractivity contribution in [2.75, 3.05) is 13.7 Å². The van der Waals surface area contributed by atoms with Crippen LogP contribution in [-0.4, -0.2) is 29.0 Å². The van der Waals surface area contributed by atoms with E-state index in [2.05, 4.69) is 15.9 Å². The quantitative estimate of drug-likeness (QED) is 0.766. The molecule has 0 aromatic heterocycles. The van der Waals surface area contributed by atoms with Crippen LogP contribution in [0.15, 0.2) is 16.6 Å². The molecule has 0 spiro atoms. The molecular formula is C9H11BrO4. The topological polar surface area (TPSA) is 69.9 Å². The van der Waals surface area contributed by atoms with Crippen molar-refractivity contribution in [3.63, 3.8) is 0 Å². The summed E-state index contributed by atoms with van der Waals surface area (Å²) in [5, 5.41) is 27.7. The molecule has 0 bridgehead atoms. The first-order chi connectivity index (χ1) is 6.61. The fourth-order valence-corrected chi connectivity index (χ4v) is 1.67. The van der Waals surface area contributed by atoms with Crippen molar-refractivity contribution >= 4 is 15.9 Å². The Labute approximate surface area is 89.9 Å². The zero-order valence-electron chi connectivity index (χ0n) is 7.57. The van der Waals surface area contributed by atoms with E-state index in [-0.39, 0.29) is 5.75 Å². The van der Waals surface area contributed by atoms with Crippen LogP contribution in [0.3, 0.4) is 0 Å². The number of rotatable bonds is 3. The van der Waals surface area contributed by atoms with Gasteiger partial charge >= 0.3 is 0 Å². The second-order valence-corrected chi connectivity index (χ2v) is 3.51. The predicted molar refractivity (Wildman–Crippen MR) is 54.4 cm³/mol. The second-order valence-electron chi connectivity index (χ2n) is 2.72. The number of phenolic OH excluding ortho intramolecular Hbond substituents is 1. The summed E-state index contributed by atoms with van der Waals surface area (Å²) in [6, 6.07) is 3.10. The first kappa shape index (κ1) is 11.3. The van der Waals surface area contributed by atoms with Gasteiger partial charge in [0.05, 0.1) is 18.2 Å². The molecule has 0 aliphatic rings. The van der Waals surface area contributed by atoms with Crippen LogP contribution in [0, 0.1) is 0 Å². The molecule has 0 radical (unpaired) electrons. The fourth-order valence-electron chi connectivity index (χ4n) is 1.08. The Morgan fingerprint density at radius 2 is 2.14 bits per heavy atom. The number of methoxy groups -OCH3 is 1. The van der Waals surface area contributed by atoms with Crippen LogP contribution in [0.25, 0.3) is 0 Å². The summed E-state index contributed by atoms with van der Waals surface area (Å²) < 4.78 is 5.20. The molecule has 0 heterocycles. The molecule has 0 aliphatic carbocycles. The number of phenols is 1. The molecule has 5 heteroatoms. The maximum Gasteiger partial charge on any atom is 0.172 e. The third-order valence-electron chi connectivity index (χ3n) is 1.86. The Hall–Kier alpha value is -0.780. The summed E-state index contributed by atoms with van der Waals surface area (Å²) in [5.74, 6) is 0.225. The molecule has 1 aromatic carbocycles. The smallest absolute Gasteiger partial charge is 0.172 e. The maximum atomic E-state index is 9.56. The van der Waals surface area contributed by atoms with E-state index in [4.69, 9.17) is 9.84 Å². The molecule has 0 amide bonds. The lowest BCUT2D eigenvalue weighted by Crippen LogP contribution is -2.03. The second kappa shape index (κ2) is 4.63. The summed E-state index contributed by atoms with van der Waals surface area (Å²) in [6.07, 6.45) is -1.01. The Kier molecular flexibility index (Phi) is 3.74. The largest absolute Gasteiger partial charge is 0.503 e. The van der Waals surface area contributed by atoms with Crippen molar-refractivity contribution in [3.05, 3.63) is 22.2 Å². The van der Waals surface area contributed by atoms with E-state index in [1.807, 2.05) is 0 Å². The molecule has 78 valence electrons. The monoisotopic (exact) mass is 262 g/mol. The van der Waals surface area contributed by atoms with Gasteiger partial charge in [-0.3, -0.25) is 0 Å². The Balaban J connectivity index is 3.17. The summed E-state index contributed by atoms with van der Waals surface area (Å²) in [7, 11) is 1.43. The van der Waals surface area contributed by atoms with Crippen LogP contribution in [0.2, 0.25) is 0 Å². The molecule has 14 heavy (non-hydrogen) atoms. The minimum Gasteiger partial charge on any atom is -0.503 e. The highest BCUT2D eigenvalue weighted by molar-refractivity contribution is 9.10. The summed E-state index contributed by atoms with van der Waals surface area (Å²) >= 11 is 3.11. The van der Waals surface area contributed by atoms with Gasteiger partial charge in [0, 0.05) is 5.56 Å². The van der Waals surface area contributed by atoms with E-state index in [9.17, 15) is 10.2 Å². The third kappa shape index (κ3) is 2.00. The van der Waals surface area contributed by atoms with Crippen molar-refractivity contribution in [3.8, 4) is 11.5 Å². The van der Waals surface area contributed by atoms with E-state index in [0.29, 0.717) is 15.8 Å². The van der Waals surface area contributed by atoms with Crippen molar-refractivity contribution in [2.45, 2.75) is 6.10 Å². The van der Waals surface area contributed by atoms with E-state index in [1.54, 1.807) is 6.07 Å². The Morgan fingerprint density at radius 3 is 2.64 bits per heavy atom. The lowest BCUT2D eigenvalue weighted by atomic mass is 10.1. The van der Waals surface area contributed by atoms with Gasteiger partial charge in [0.2, 0.25) is 0 Å². The number of halogens is 1. The minimum atomic E-state index is -1.01. The van der Waals surface area contributed by atoms with E-state index in [1.165, 1.54) is 13.2 Å². The van der Waals surface area contributed by atoms with Crippen LogP contribution in [-0.2, 0) is 0 Å². The third-order valence-corrected chi connectivity index (χ3v) is 2.69. The molecule has 0 fully saturated rings. The number of hydrogen-bond acceptors (Lipinski definition) is 4. The first-order valence-corrected chi connectivity index (χ1v) is 4.75. The van der Waals surface area contributed by atoms with Gasteiger partial charge in [-0.1, -0.05) is 6.07 Å². The highest BCUT2D eigenvalue weighted by atomic mass is 79.9. The number of aliphatic hydroxyl groups is 2. The molecule has 0 saturated carbocycles. The first-order valence-electron chi connectivity index (χ1n) is 3.96. The molecule has 1 atom stereocenters. The predicted octanol–water partition coefficient (Wildman–Crippen LogP) is 1.19. The van der Waals surface area contributed by atoms with Crippen molar-refractivity contribution in [2.24, 2.45) is 0 Å². The number of aromatic hydroxyl groups is 1. The summed E-state index contributed by atoms with van der Waals surface area (Å²) in [6.45, 7) is -0.398. The average molecular weight is 263 g/mol. The molecule has 1 unspecified atom stereocenters. The van der Waals surface area contributed by atoms with Gasteiger partial charge in [-0.25, -0.2) is 0 Å². The van der Waals surface area contributed by atoms with Gasteiger partial charge in [-0.05, 0) is 22.0 Å². The van der Waals surface area contributed by atoms with Crippen LogP contribution >= 0.6 is 15.9 Å². The van der Waals surface area contributed by atoms with E-state index in [0.717, 1.165) is 0 Å². The molecule has 1 aromatic rings. The normalized spacial score (nSPS) is 12.6. The van der Waals surface area contributed by atoms with Crippen LogP contribution in [0.1, 0.15) is 11.7 Å². The zero-order chi connectivity index (χ0) is 10.7. The number of benzene rings is 1. The minimum absolute atomic E-state index is 0.0856. The van der Waals surface area contributed by atoms with Crippen molar-refractivity contribution in [1.82, 2.24) is 0 Å². The Morgan fingerprint density at radius 1 is 1.50 bits per heavy atom. The summed E-state index contributed by atoms with van der Waals surface area (Å²) in [5.41, 5.74) is 0.422. The van der Waals surface area contributed by atoms with Crippen molar-refractivity contribution in [1.29, 1.82) is 0 Å². The number of hydrogen-bond donors (Lipinski definition) is 3. The maximum absolute atomic E-state index is 9.56. The molecule has 3 N–H and O–H groups in total. The van der Waals surface area contributed by atoms with Crippen molar-refractivity contribution < 1.29 is 20.1 Å². The highest BCUT2D eigenvalue weighted by Gasteiger charge is 2.15. The molecule has 4 nitrogen and oxygen atoms in total. The van der Waals surface area contributed by atoms with Crippen LogP contribution in [0.5, 0.6) is 11.5 Å². The standard InChI is InChI=1S/C9H11BrO4/c1-14-7-3-2-5(6(12)4-11)8(10)9(7)13/h2-3,6,11-13H,4H2,1H3. The van der Waals surface area contributed by atoms with Crippen LogP contribution < -0.4 is 4.74 Å². The van der Waals surface area contributed by atoms with Gasteiger partial charge in [-0.15, -0.1) is 0 Å². The SMILES string of the molecule is COc1ccc(C(O)CO)c(Br)c1O. The molecule has 0 saturated heterocycles. The lowest BCUT2D eigenvalue weighted by molar-refractivity contribution is 0.0948. The lowest BCUT2D eigenvalue weighted by Gasteiger charge is -2.12.